The highest BCUT2D eigenvalue weighted by Gasteiger charge is 2.23. The fourth-order valence-electron chi connectivity index (χ4n) is 2.70. The summed E-state index contributed by atoms with van der Waals surface area (Å²) in [7, 11) is 0. The molecule has 2 atom stereocenters. The van der Waals surface area contributed by atoms with E-state index in [2.05, 4.69) is 10.3 Å². The highest BCUT2D eigenvalue weighted by molar-refractivity contribution is 6.30. The van der Waals surface area contributed by atoms with Gasteiger partial charge in [-0.1, -0.05) is 72.3 Å². The van der Waals surface area contributed by atoms with Crippen molar-refractivity contribution >= 4 is 17.4 Å². The zero-order valence-electron chi connectivity index (χ0n) is 13.7. The van der Waals surface area contributed by atoms with Crippen molar-refractivity contribution in [2.24, 2.45) is 5.73 Å². The van der Waals surface area contributed by atoms with Crippen molar-refractivity contribution in [3.8, 4) is 6.07 Å². The largest absolute Gasteiger partial charge is 0.359 e. The number of halogens is 2. The van der Waals surface area contributed by atoms with Gasteiger partial charge in [0.2, 0.25) is 0 Å². The number of aromatic nitrogens is 1. The van der Waals surface area contributed by atoms with Crippen LogP contribution in [0.3, 0.4) is 0 Å². The molecule has 4 nitrogen and oxygen atoms in total. The first-order valence-electron chi connectivity index (χ1n) is 7.98. The van der Waals surface area contributed by atoms with Crippen LogP contribution in [0.25, 0.3) is 0 Å². The van der Waals surface area contributed by atoms with Gasteiger partial charge in [-0.25, -0.2) is 9.37 Å². The van der Waals surface area contributed by atoms with Crippen LogP contribution in [0.4, 0.5) is 10.2 Å². The SMILES string of the molecule is N#Cc1cc(F)c(N[C@H](c2ccccc2)[C@@H](N)c2ccccc2)nc1Cl. The molecule has 3 N–H and O–H groups in total. The normalized spacial score (nSPS) is 12.8. The Hall–Kier alpha value is -2.94. The number of anilines is 1. The molecular formula is C20H16ClFN4. The molecule has 2 aromatic carbocycles. The molecule has 0 unspecified atom stereocenters. The Bertz CT molecular complexity index is 926. The first-order chi connectivity index (χ1) is 12.6. The van der Waals surface area contributed by atoms with Gasteiger partial charge < -0.3 is 11.1 Å². The Balaban J connectivity index is 2.00. The number of hydrogen-bond acceptors (Lipinski definition) is 4. The minimum atomic E-state index is -0.660. The van der Waals surface area contributed by atoms with Crippen molar-refractivity contribution in [3.63, 3.8) is 0 Å². The summed E-state index contributed by atoms with van der Waals surface area (Å²) in [6, 6.07) is 21.0. The Morgan fingerprint density at radius 1 is 1.04 bits per heavy atom. The molecule has 0 saturated heterocycles. The third kappa shape index (κ3) is 3.83. The second kappa shape index (κ2) is 7.96. The zero-order chi connectivity index (χ0) is 18.5. The van der Waals surface area contributed by atoms with E-state index in [0.29, 0.717) is 0 Å². The van der Waals surface area contributed by atoms with Crippen molar-refractivity contribution in [2.45, 2.75) is 12.1 Å². The molecule has 6 heteroatoms. The Morgan fingerprint density at radius 2 is 1.62 bits per heavy atom. The Morgan fingerprint density at radius 3 is 2.19 bits per heavy atom. The average Bonchev–Trinajstić information content (AvgIpc) is 2.69. The molecule has 3 aromatic rings. The third-order valence-corrected chi connectivity index (χ3v) is 4.33. The standard InChI is InChI=1S/C20H16ClFN4/c21-19-15(12-23)11-16(22)20(26-19)25-18(14-9-5-2-6-10-14)17(24)13-7-3-1-4-8-13/h1-11,17-18H,24H2,(H,25,26)/t17-,18+/m0/s1. The first kappa shape index (κ1) is 17.9. The minimum absolute atomic E-state index is 0.0154. The van der Waals surface area contributed by atoms with Gasteiger partial charge in [-0.2, -0.15) is 5.26 Å². The lowest BCUT2D eigenvalue weighted by atomic mass is 9.94. The maximum absolute atomic E-state index is 14.4. The average molecular weight is 367 g/mol. The summed E-state index contributed by atoms with van der Waals surface area (Å²) < 4.78 is 14.4. The number of nitriles is 1. The van der Waals surface area contributed by atoms with Crippen LogP contribution in [0.1, 0.15) is 28.8 Å². The first-order valence-corrected chi connectivity index (χ1v) is 8.36. The van der Waals surface area contributed by atoms with Crippen LogP contribution >= 0.6 is 11.6 Å². The number of benzene rings is 2. The van der Waals surface area contributed by atoms with Crippen molar-refractivity contribution in [2.75, 3.05) is 5.32 Å². The smallest absolute Gasteiger partial charge is 0.166 e. The summed E-state index contributed by atoms with van der Waals surface area (Å²) in [5, 5.41) is 11.9. The fraction of sp³-hybridized carbons (Fsp3) is 0.100. The molecule has 0 radical (unpaired) electrons. The van der Waals surface area contributed by atoms with Crippen molar-refractivity contribution in [3.05, 3.63) is 94.4 Å². The van der Waals surface area contributed by atoms with Gasteiger partial charge in [0.05, 0.1) is 17.6 Å². The second-order valence-corrected chi connectivity index (χ2v) is 6.10. The number of nitrogens with one attached hydrogen (secondary N) is 1. The predicted octanol–water partition coefficient (Wildman–Crippen LogP) is 4.60. The van der Waals surface area contributed by atoms with Crippen molar-refractivity contribution < 1.29 is 4.39 Å². The molecule has 0 aliphatic carbocycles. The van der Waals surface area contributed by atoms with Crippen LogP contribution in [-0.2, 0) is 0 Å². The van der Waals surface area contributed by atoms with Crippen molar-refractivity contribution in [1.29, 1.82) is 5.26 Å². The quantitative estimate of drug-likeness (QED) is 0.647. The molecule has 3 rings (SSSR count). The molecule has 0 fully saturated rings. The highest BCUT2D eigenvalue weighted by atomic mass is 35.5. The van der Waals surface area contributed by atoms with E-state index >= 15 is 0 Å². The Labute approximate surface area is 156 Å². The molecule has 0 amide bonds. The van der Waals surface area contributed by atoms with E-state index < -0.39 is 17.9 Å². The van der Waals surface area contributed by atoms with Gasteiger partial charge in [0.15, 0.2) is 11.6 Å². The maximum Gasteiger partial charge on any atom is 0.166 e. The van der Waals surface area contributed by atoms with Crippen molar-refractivity contribution in [1.82, 2.24) is 4.98 Å². The molecule has 0 bridgehead atoms. The number of hydrogen-bond donors (Lipinski definition) is 2. The molecule has 0 aliphatic rings. The van der Waals surface area contributed by atoms with E-state index in [1.165, 1.54) is 0 Å². The van der Waals surface area contributed by atoms with Gasteiger partial charge in [-0.3, -0.25) is 0 Å². The molecule has 26 heavy (non-hydrogen) atoms. The Kier molecular flexibility index (Phi) is 5.47. The van der Waals surface area contributed by atoms with Gasteiger partial charge in [-0.15, -0.1) is 0 Å². The molecule has 0 aliphatic heterocycles. The summed E-state index contributed by atoms with van der Waals surface area (Å²) in [5.74, 6) is -0.707. The van der Waals surface area contributed by atoms with Gasteiger partial charge in [0.25, 0.3) is 0 Å². The van der Waals surface area contributed by atoms with E-state index in [1.807, 2.05) is 66.7 Å². The molecule has 130 valence electrons. The van der Waals surface area contributed by atoms with E-state index in [9.17, 15) is 4.39 Å². The van der Waals surface area contributed by atoms with Crippen LogP contribution in [0.15, 0.2) is 66.7 Å². The molecular weight excluding hydrogens is 351 g/mol. The van der Waals surface area contributed by atoms with Gasteiger partial charge >= 0.3 is 0 Å². The summed E-state index contributed by atoms with van der Waals surface area (Å²) in [6.45, 7) is 0. The molecule has 0 saturated carbocycles. The second-order valence-electron chi connectivity index (χ2n) is 5.74. The van der Waals surface area contributed by atoms with Crippen LogP contribution in [0.2, 0.25) is 5.15 Å². The van der Waals surface area contributed by atoms with Crippen LogP contribution in [0.5, 0.6) is 0 Å². The number of rotatable bonds is 5. The van der Waals surface area contributed by atoms with E-state index in [4.69, 9.17) is 22.6 Å². The fourth-order valence-corrected chi connectivity index (χ4v) is 2.88. The molecule has 0 spiro atoms. The summed E-state index contributed by atoms with van der Waals surface area (Å²) in [4.78, 5) is 3.99. The van der Waals surface area contributed by atoms with Gasteiger partial charge in [0.1, 0.15) is 11.2 Å². The van der Waals surface area contributed by atoms with Gasteiger partial charge in [-0.05, 0) is 17.2 Å². The zero-order valence-corrected chi connectivity index (χ0v) is 14.5. The maximum atomic E-state index is 14.4. The topological polar surface area (TPSA) is 74.7 Å². The monoisotopic (exact) mass is 366 g/mol. The van der Waals surface area contributed by atoms with E-state index in [0.717, 1.165) is 17.2 Å². The van der Waals surface area contributed by atoms with Gasteiger partial charge in [0, 0.05) is 0 Å². The lowest BCUT2D eigenvalue weighted by Crippen LogP contribution is -2.26. The third-order valence-electron chi connectivity index (χ3n) is 4.04. The number of pyridine rings is 1. The number of nitrogens with zero attached hydrogens (tertiary/aromatic N) is 2. The minimum Gasteiger partial charge on any atom is -0.359 e. The van der Waals surface area contributed by atoms with Crippen LogP contribution < -0.4 is 11.1 Å². The lowest BCUT2D eigenvalue weighted by molar-refractivity contribution is 0.585. The summed E-state index contributed by atoms with van der Waals surface area (Å²) in [6.07, 6.45) is 0. The lowest BCUT2D eigenvalue weighted by Gasteiger charge is -2.26. The summed E-state index contributed by atoms with van der Waals surface area (Å²) in [5.41, 5.74) is 8.23. The molecule has 1 aromatic heterocycles. The molecule has 1 heterocycles. The van der Waals surface area contributed by atoms with Crippen LogP contribution in [0, 0.1) is 17.1 Å². The van der Waals surface area contributed by atoms with E-state index in [1.54, 1.807) is 0 Å². The predicted molar refractivity (Wildman–Crippen MR) is 100 cm³/mol. The van der Waals surface area contributed by atoms with Crippen LogP contribution in [-0.4, -0.2) is 4.98 Å². The highest BCUT2D eigenvalue weighted by Crippen LogP contribution is 2.31. The summed E-state index contributed by atoms with van der Waals surface area (Å²) >= 11 is 5.96. The van der Waals surface area contributed by atoms with E-state index in [-0.39, 0.29) is 16.5 Å². The number of nitrogens with two attached hydrogens (primary N) is 1.